The van der Waals surface area contributed by atoms with Crippen molar-refractivity contribution >= 4 is 34.5 Å². The van der Waals surface area contributed by atoms with Gasteiger partial charge in [0.2, 0.25) is 5.95 Å². The number of esters is 1. The Morgan fingerprint density at radius 1 is 1.13 bits per heavy atom. The summed E-state index contributed by atoms with van der Waals surface area (Å²) in [5.41, 5.74) is 2.39. The van der Waals surface area contributed by atoms with Crippen molar-refractivity contribution in [2.75, 3.05) is 19.0 Å². The minimum Gasteiger partial charge on any atom is -0.468 e. The molecular formula is C27H31F3N4O4. The molecule has 0 radical (unpaired) electrons. The van der Waals surface area contributed by atoms with Gasteiger partial charge in [-0.2, -0.15) is 0 Å². The van der Waals surface area contributed by atoms with E-state index in [1.807, 2.05) is 0 Å². The van der Waals surface area contributed by atoms with Crippen LogP contribution < -0.4 is 15.4 Å². The van der Waals surface area contributed by atoms with E-state index >= 15 is 0 Å². The van der Waals surface area contributed by atoms with Crippen LogP contribution in [-0.2, 0) is 9.53 Å². The second-order valence-electron chi connectivity index (χ2n) is 10.5. The molecule has 1 fully saturated rings. The van der Waals surface area contributed by atoms with Gasteiger partial charge in [0.25, 0.3) is 5.91 Å². The van der Waals surface area contributed by atoms with Crippen molar-refractivity contribution in [1.29, 1.82) is 0 Å². The predicted molar refractivity (Wildman–Crippen MR) is 136 cm³/mol. The fourth-order valence-corrected chi connectivity index (χ4v) is 5.38. The Bertz CT molecular complexity index is 1320. The molecule has 8 nitrogen and oxygen atoms in total. The number of hydrogen-bond donors (Lipinski definition) is 2. The smallest absolute Gasteiger partial charge is 0.468 e. The van der Waals surface area contributed by atoms with Crippen molar-refractivity contribution in [3.8, 4) is 5.75 Å². The molecule has 1 aromatic heterocycles. The number of rotatable bonds is 7. The second kappa shape index (κ2) is 10.5. The quantitative estimate of drug-likeness (QED) is 0.364. The summed E-state index contributed by atoms with van der Waals surface area (Å²) in [6.07, 6.45) is -1.90. The third-order valence-electron chi connectivity index (χ3n) is 6.65. The van der Waals surface area contributed by atoms with Gasteiger partial charge < -0.3 is 24.7 Å². The lowest BCUT2D eigenvalue weighted by atomic mass is 9.70. The molecule has 204 valence electrons. The van der Waals surface area contributed by atoms with Crippen LogP contribution in [0, 0.1) is 11.3 Å². The first-order valence-electron chi connectivity index (χ1n) is 12.3. The molecule has 1 aliphatic rings. The lowest BCUT2D eigenvalue weighted by Crippen LogP contribution is -2.30. The van der Waals surface area contributed by atoms with E-state index in [2.05, 4.69) is 45.4 Å². The predicted octanol–water partition coefficient (Wildman–Crippen LogP) is 5.97. The number of aromatic nitrogens is 2. The number of benzene rings is 2. The molecule has 0 spiro atoms. The number of anilines is 2. The number of carbonyl (C=O) groups excluding carboxylic acids is 2. The number of alkyl halides is 3. The third-order valence-corrected chi connectivity index (χ3v) is 6.65. The number of fused-ring (bicyclic) bond motifs is 1. The number of amides is 1. The lowest BCUT2D eigenvalue weighted by Gasteiger charge is -2.40. The average molecular weight is 533 g/mol. The molecule has 1 aliphatic carbocycles. The highest BCUT2D eigenvalue weighted by Gasteiger charge is 2.35. The number of ether oxygens (including phenoxy) is 2. The lowest BCUT2D eigenvalue weighted by molar-refractivity contribution is -0.274. The molecule has 4 rings (SSSR count). The molecule has 3 aromatic rings. The molecule has 0 unspecified atom stereocenters. The van der Waals surface area contributed by atoms with Crippen molar-refractivity contribution in [3.05, 3.63) is 48.0 Å². The maximum absolute atomic E-state index is 12.7. The second-order valence-corrected chi connectivity index (χ2v) is 10.5. The highest BCUT2D eigenvalue weighted by molar-refractivity contribution is 5.99. The molecule has 1 saturated carbocycles. The number of halogens is 3. The SMILES string of the molecule is COC(=O)CNC(=O)c1ccc2nc(Nc3ccc(OC(F)(F)F)cc3)n([C@@H]3C[C@H](C)CC(C)(C)C3)c2c1. The third kappa shape index (κ3) is 6.56. The van der Waals surface area contributed by atoms with E-state index in [1.165, 1.54) is 31.4 Å². The molecule has 1 amide bonds. The highest BCUT2D eigenvalue weighted by atomic mass is 19.4. The standard InChI is InChI=1S/C27H31F3N4O4/c1-16-11-19(14-26(2,3)13-16)34-22-12-17(24(36)31-15-23(35)37-4)5-10-21(22)33-25(34)32-18-6-8-20(9-7-18)38-27(28,29)30/h5-10,12,16,19H,11,13-15H2,1-4H3,(H,31,36)(H,32,33)/t16-,19+/m0/s1. The zero-order valence-electron chi connectivity index (χ0n) is 21.7. The van der Waals surface area contributed by atoms with Crippen LogP contribution >= 0.6 is 0 Å². The van der Waals surface area contributed by atoms with E-state index in [1.54, 1.807) is 18.2 Å². The largest absolute Gasteiger partial charge is 0.573 e. The molecule has 0 saturated heterocycles. The number of hydrogen-bond acceptors (Lipinski definition) is 6. The molecule has 1 heterocycles. The van der Waals surface area contributed by atoms with E-state index < -0.39 is 18.2 Å². The van der Waals surface area contributed by atoms with E-state index in [4.69, 9.17) is 4.98 Å². The maximum atomic E-state index is 12.7. The van der Waals surface area contributed by atoms with Gasteiger partial charge in [-0.3, -0.25) is 9.59 Å². The van der Waals surface area contributed by atoms with Crippen LogP contribution in [0.15, 0.2) is 42.5 Å². The number of imidazole rings is 1. The molecule has 0 bridgehead atoms. The zero-order valence-corrected chi connectivity index (χ0v) is 21.7. The van der Waals surface area contributed by atoms with Crippen LogP contribution in [0.3, 0.4) is 0 Å². The molecule has 11 heteroatoms. The van der Waals surface area contributed by atoms with Gasteiger partial charge in [-0.1, -0.05) is 20.8 Å². The highest BCUT2D eigenvalue weighted by Crippen LogP contribution is 2.46. The Morgan fingerprint density at radius 3 is 2.47 bits per heavy atom. The fourth-order valence-electron chi connectivity index (χ4n) is 5.38. The van der Waals surface area contributed by atoms with E-state index in [-0.39, 0.29) is 23.8 Å². The summed E-state index contributed by atoms with van der Waals surface area (Å²) in [5.74, 6) is -0.314. The van der Waals surface area contributed by atoms with Gasteiger partial charge in [0.05, 0.1) is 18.1 Å². The fraction of sp³-hybridized carbons (Fsp3) is 0.444. The van der Waals surface area contributed by atoms with E-state index in [0.717, 1.165) is 24.8 Å². The Hall–Kier alpha value is -3.76. The normalized spacial score (nSPS) is 19.1. The van der Waals surface area contributed by atoms with Crippen LogP contribution in [0.2, 0.25) is 0 Å². The van der Waals surface area contributed by atoms with Crippen LogP contribution in [0.5, 0.6) is 5.75 Å². The van der Waals surface area contributed by atoms with Gasteiger partial charge in [-0.25, -0.2) is 4.98 Å². The Labute approximate surface area is 218 Å². The first-order valence-corrected chi connectivity index (χ1v) is 12.3. The summed E-state index contributed by atoms with van der Waals surface area (Å²) >= 11 is 0. The number of methoxy groups -OCH3 is 1. The summed E-state index contributed by atoms with van der Waals surface area (Å²) in [6.45, 7) is 6.42. The Kier molecular flexibility index (Phi) is 7.57. The maximum Gasteiger partial charge on any atom is 0.573 e. The monoisotopic (exact) mass is 532 g/mol. The van der Waals surface area contributed by atoms with Gasteiger partial charge in [0.1, 0.15) is 12.3 Å². The van der Waals surface area contributed by atoms with Crippen LogP contribution in [-0.4, -0.2) is 41.4 Å². The number of carbonyl (C=O) groups is 2. The average Bonchev–Trinajstić information content (AvgIpc) is 3.18. The Balaban J connectivity index is 1.71. The number of nitrogens with one attached hydrogen (secondary N) is 2. The summed E-state index contributed by atoms with van der Waals surface area (Å²) in [4.78, 5) is 28.9. The zero-order chi connectivity index (χ0) is 27.7. The Morgan fingerprint density at radius 2 is 1.84 bits per heavy atom. The molecule has 2 atom stereocenters. The first-order chi connectivity index (χ1) is 17.8. The molecular weight excluding hydrogens is 501 g/mol. The van der Waals surface area contributed by atoms with E-state index in [0.29, 0.717) is 28.6 Å². The van der Waals surface area contributed by atoms with Crippen molar-refractivity contribution in [2.24, 2.45) is 11.3 Å². The van der Waals surface area contributed by atoms with Gasteiger partial charge >= 0.3 is 12.3 Å². The van der Waals surface area contributed by atoms with Gasteiger partial charge in [0, 0.05) is 17.3 Å². The van der Waals surface area contributed by atoms with Gasteiger partial charge in [-0.15, -0.1) is 13.2 Å². The molecule has 2 aromatic carbocycles. The molecule has 2 N–H and O–H groups in total. The van der Waals surface area contributed by atoms with Crippen molar-refractivity contribution in [3.63, 3.8) is 0 Å². The molecule has 0 aliphatic heterocycles. The van der Waals surface area contributed by atoms with Crippen LogP contribution in [0.25, 0.3) is 11.0 Å². The molecule has 38 heavy (non-hydrogen) atoms. The van der Waals surface area contributed by atoms with Crippen molar-refractivity contribution < 1.29 is 32.2 Å². The topological polar surface area (TPSA) is 94.5 Å². The van der Waals surface area contributed by atoms with Crippen LogP contribution in [0.4, 0.5) is 24.8 Å². The summed E-state index contributed by atoms with van der Waals surface area (Å²) in [7, 11) is 1.25. The summed E-state index contributed by atoms with van der Waals surface area (Å²) in [5, 5.41) is 5.79. The minimum atomic E-state index is -4.77. The van der Waals surface area contributed by atoms with Crippen LogP contribution in [0.1, 0.15) is 56.4 Å². The van der Waals surface area contributed by atoms with E-state index in [9.17, 15) is 22.8 Å². The van der Waals surface area contributed by atoms with Crippen molar-refractivity contribution in [1.82, 2.24) is 14.9 Å². The minimum absolute atomic E-state index is 0.0717. The van der Waals surface area contributed by atoms with Gasteiger partial charge in [0.15, 0.2) is 0 Å². The first kappa shape index (κ1) is 27.3. The summed E-state index contributed by atoms with van der Waals surface area (Å²) < 4.78 is 48.3. The van der Waals surface area contributed by atoms with Gasteiger partial charge in [-0.05, 0) is 73.1 Å². The number of nitrogens with zero attached hydrogens (tertiary/aromatic N) is 2. The van der Waals surface area contributed by atoms with Crippen molar-refractivity contribution in [2.45, 2.75) is 52.4 Å². The summed E-state index contributed by atoms with van der Waals surface area (Å²) in [6, 6.07) is 10.6.